The first kappa shape index (κ1) is 12.7. The van der Waals surface area contributed by atoms with Crippen molar-refractivity contribution < 1.29 is 9.90 Å². The number of aryl methyl sites for hydroxylation is 2. The van der Waals surface area contributed by atoms with E-state index in [-0.39, 0.29) is 0 Å². The SMILES string of the molecule is CCn1cc(C(C)C)c2cc(C(=O)O)cc(C)c21. The molecule has 0 aliphatic rings. The lowest BCUT2D eigenvalue weighted by molar-refractivity contribution is 0.0697. The number of aromatic nitrogens is 1. The van der Waals surface area contributed by atoms with E-state index in [4.69, 9.17) is 5.11 Å². The zero-order valence-corrected chi connectivity index (χ0v) is 11.3. The minimum atomic E-state index is -0.862. The van der Waals surface area contributed by atoms with E-state index in [9.17, 15) is 4.79 Å². The van der Waals surface area contributed by atoms with Crippen LogP contribution in [-0.4, -0.2) is 15.6 Å². The van der Waals surface area contributed by atoms with Crippen molar-refractivity contribution in [1.29, 1.82) is 0 Å². The first-order valence-corrected chi connectivity index (χ1v) is 6.32. The molecule has 96 valence electrons. The Morgan fingerprint density at radius 1 is 1.39 bits per heavy atom. The van der Waals surface area contributed by atoms with Crippen LogP contribution in [0.3, 0.4) is 0 Å². The van der Waals surface area contributed by atoms with Crippen LogP contribution in [0.15, 0.2) is 18.3 Å². The molecule has 2 aromatic rings. The van der Waals surface area contributed by atoms with Gasteiger partial charge in [0.1, 0.15) is 0 Å². The number of benzene rings is 1. The lowest BCUT2D eigenvalue weighted by Crippen LogP contribution is -1.99. The Labute approximate surface area is 107 Å². The number of fused-ring (bicyclic) bond motifs is 1. The third-order valence-electron chi connectivity index (χ3n) is 3.40. The van der Waals surface area contributed by atoms with Crippen molar-refractivity contribution in [2.45, 2.75) is 40.2 Å². The van der Waals surface area contributed by atoms with E-state index < -0.39 is 5.97 Å². The third-order valence-corrected chi connectivity index (χ3v) is 3.40. The van der Waals surface area contributed by atoms with E-state index in [1.165, 1.54) is 5.56 Å². The summed E-state index contributed by atoms with van der Waals surface area (Å²) in [4.78, 5) is 11.1. The average Bonchev–Trinajstić information content (AvgIpc) is 2.68. The molecule has 0 aliphatic carbocycles. The fourth-order valence-corrected chi connectivity index (χ4v) is 2.52. The Morgan fingerprint density at radius 2 is 2.06 bits per heavy atom. The molecule has 0 atom stereocenters. The lowest BCUT2D eigenvalue weighted by atomic mass is 9.99. The van der Waals surface area contributed by atoms with E-state index in [0.29, 0.717) is 11.5 Å². The van der Waals surface area contributed by atoms with Gasteiger partial charge >= 0.3 is 5.97 Å². The fourth-order valence-electron chi connectivity index (χ4n) is 2.52. The molecule has 0 amide bonds. The van der Waals surface area contributed by atoms with E-state index in [1.54, 1.807) is 12.1 Å². The van der Waals surface area contributed by atoms with Gasteiger partial charge in [0.15, 0.2) is 0 Å². The van der Waals surface area contributed by atoms with Gasteiger partial charge in [0.25, 0.3) is 0 Å². The Kier molecular flexibility index (Phi) is 3.16. The zero-order chi connectivity index (χ0) is 13.4. The van der Waals surface area contributed by atoms with E-state index in [2.05, 4.69) is 31.5 Å². The number of carbonyl (C=O) groups is 1. The Hall–Kier alpha value is -1.77. The highest BCUT2D eigenvalue weighted by Gasteiger charge is 2.15. The van der Waals surface area contributed by atoms with Gasteiger partial charge in [-0.3, -0.25) is 0 Å². The highest BCUT2D eigenvalue weighted by Crippen LogP contribution is 2.30. The molecule has 0 radical (unpaired) electrons. The molecule has 0 spiro atoms. The van der Waals surface area contributed by atoms with Crippen LogP contribution in [0.1, 0.15) is 48.2 Å². The van der Waals surface area contributed by atoms with Crippen molar-refractivity contribution >= 4 is 16.9 Å². The normalized spacial score (nSPS) is 11.4. The number of nitrogens with zero attached hydrogens (tertiary/aromatic N) is 1. The number of hydrogen-bond acceptors (Lipinski definition) is 1. The van der Waals surface area contributed by atoms with Gasteiger partial charge in [0.2, 0.25) is 0 Å². The van der Waals surface area contributed by atoms with E-state index in [0.717, 1.165) is 23.0 Å². The van der Waals surface area contributed by atoms with Crippen LogP contribution in [0.4, 0.5) is 0 Å². The summed E-state index contributed by atoms with van der Waals surface area (Å²) >= 11 is 0. The van der Waals surface area contributed by atoms with Crippen molar-refractivity contribution in [1.82, 2.24) is 4.57 Å². The maximum absolute atomic E-state index is 11.1. The Balaban J connectivity index is 2.84. The molecule has 1 N–H and O–H groups in total. The quantitative estimate of drug-likeness (QED) is 0.893. The molecule has 1 aromatic carbocycles. The number of hydrogen-bond donors (Lipinski definition) is 1. The zero-order valence-electron chi connectivity index (χ0n) is 11.3. The Morgan fingerprint density at radius 3 is 2.56 bits per heavy atom. The predicted octanol–water partition coefficient (Wildman–Crippen LogP) is 3.79. The third kappa shape index (κ3) is 1.90. The minimum Gasteiger partial charge on any atom is -0.478 e. The second kappa shape index (κ2) is 4.48. The van der Waals surface area contributed by atoms with Gasteiger partial charge in [-0.2, -0.15) is 0 Å². The van der Waals surface area contributed by atoms with E-state index in [1.807, 2.05) is 6.92 Å². The molecule has 3 nitrogen and oxygen atoms in total. The molecular weight excluding hydrogens is 226 g/mol. The highest BCUT2D eigenvalue weighted by atomic mass is 16.4. The van der Waals surface area contributed by atoms with Crippen molar-refractivity contribution in [2.75, 3.05) is 0 Å². The molecular formula is C15H19NO2. The van der Waals surface area contributed by atoms with Gasteiger partial charge in [-0.05, 0) is 43.0 Å². The lowest BCUT2D eigenvalue weighted by Gasteiger charge is -2.06. The summed E-state index contributed by atoms with van der Waals surface area (Å²) in [6, 6.07) is 3.55. The molecule has 0 saturated carbocycles. The van der Waals surface area contributed by atoms with Crippen molar-refractivity contribution in [3.8, 4) is 0 Å². The van der Waals surface area contributed by atoms with Crippen LogP contribution in [0.25, 0.3) is 10.9 Å². The summed E-state index contributed by atoms with van der Waals surface area (Å²) in [5.74, 6) is -0.470. The molecule has 2 rings (SSSR count). The predicted molar refractivity (Wildman–Crippen MR) is 73.4 cm³/mol. The van der Waals surface area contributed by atoms with Crippen LogP contribution in [0.5, 0.6) is 0 Å². The maximum atomic E-state index is 11.1. The second-order valence-corrected chi connectivity index (χ2v) is 5.02. The van der Waals surface area contributed by atoms with Gasteiger partial charge in [0.05, 0.1) is 11.1 Å². The molecule has 1 heterocycles. The minimum absolute atomic E-state index is 0.371. The summed E-state index contributed by atoms with van der Waals surface area (Å²) < 4.78 is 2.20. The molecule has 0 aliphatic heterocycles. The van der Waals surface area contributed by atoms with Crippen LogP contribution < -0.4 is 0 Å². The summed E-state index contributed by atoms with van der Waals surface area (Å²) in [6.45, 7) is 9.25. The smallest absolute Gasteiger partial charge is 0.335 e. The summed E-state index contributed by atoms with van der Waals surface area (Å²) in [7, 11) is 0. The first-order chi connectivity index (χ1) is 8.45. The van der Waals surface area contributed by atoms with Gasteiger partial charge in [-0.25, -0.2) is 4.79 Å². The van der Waals surface area contributed by atoms with Gasteiger partial charge in [-0.1, -0.05) is 13.8 Å². The second-order valence-electron chi connectivity index (χ2n) is 5.02. The number of aromatic carboxylic acids is 1. The van der Waals surface area contributed by atoms with Gasteiger partial charge in [0, 0.05) is 18.1 Å². The first-order valence-electron chi connectivity index (χ1n) is 6.32. The molecule has 18 heavy (non-hydrogen) atoms. The fraction of sp³-hybridized carbons (Fsp3) is 0.400. The standard InChI is InChI=1S/C15H19NO2/c1-5-16-8-13(9(2)3)12-7-11(15(17)18)6-10(4)14(12)16/h6-9H,5H2,1-4H3,(H,17,18). The van der Waals surface area contributed by atoms with E-state index >= 15 is 0 Å². The van der Waals surface area contributed by atoms with Crippen LogP contribution >= 0.6 is 0 Å². The van der Waals surface area contributed by atoms with Crippen molar-refractivity contribution in [3.05, 3.63) is 35.0 Å². The molecule has 0 unspecified atom stereocenters. The Bertz CT molecular complexity index is 608. The molecule has 3 heteroatoms. The van der Waals surface area contributed by atoms with Gasteiger partial charge < -0.3 is 9.67 Å². The van der Waals surface area contributed by atoms with Crippen LogP contribution in [-0.2, 0) is 6.54 Å². The highest BCUT2D eigenvalue weighted by molar-refractivity contribution is 5.96. The largest absolute Gasteiger partial charge is 0.478 e. The van der Waals surface area contributed by atoms with Crippen LogP contribution in [0, 0.1) is 6.92 Å². The number of rotatable bonds is 3. The van der Waals surface area contributed by atoms with Crippen molar-refractivity contribution in [2.24, 2.45) is 0 Å². The summed E-state index contributed by atoms with van der Waals surface area (Å²) in [5, 5.41) is 10.2. The molecule has 1 aromatic heterocycles. The molecule has 0 fully saturated rings. The topological polar surface area (TPSA) is 42.2 Å². The maximum Gasteiger partial charge on any atom is 0.335 e. The number of carboxylic acids is 1. The number of carboxylic acid groups (broad SMARTS) is 1. The van der Waals surface area contributed by atoms with Crippen molar-refractivity contribution in [3.63, 3.8) is 0 Å². The van der Waals surface area contributed by atoms with Crippen LogP contribution in [0.2, 0.25) is 0 Å². The average molecular weight is 245 g/mol. The molecule has 0 saturated heterocycles. The summed E-state index contributed by atoms with van der Waals surface area (Å²) in [6.07, 6.45) is 2.15. The van der Waals surface area contributed by atoms with Gasteiger partial charge in [-0.15, -0.1) is 0 Å². The molecule has 0 bridgehead atoms. The monoisotopic (exact) mass is 245 g/mol. The summed E-state index contributed by atoms with van der Waals surface area (Å²) in [5.41, 5.74) is 3.78.